The minimum absolute atomic E-state index is 0.186. The summed E-state index contributed by atoms with van der Waals surface area (Å²) >= 11 is 0. The van der Waals surface area contributed by atoms with Gasteiger partial charge in [0.25, 0.3) is 5.91 Å². The van der Waals surface area contributed by atoms with E-state index in [4.69, 9.17) is 9.47 Å². The number of anilines is 1. The summed E-state index contributed by atoms with van der Waals surface area (Å²) in [6, 6.07) is 20.6. The van der Waals surface area contributed by atoms with Crippen LogP contribution < -0.4 is 20.1 Å². The number of aryl methyl sites for hydroxylation is 1. The lowest BCUT2D eigenvalue weighted by atomic mass is 10.1. The minimum atomic E-state index is -0.467. The van der Waals surface area contributed by atoms with Crippen molar-refractivity contribution in [3.05, 3.63) is 89.7 Å². The van der Waals surface area contributed by atoms with Gasteiger partial charge in [0, 0.05) is 17.4 Å². The van der Waals surface area contributed by atoms with Crippen molar-refractivity contribution in [2.24, 2.45) is 0 Å². The molecule has 0 spiro atoms. The first-order valence-corrected chi connectivity index (χ1v) is 11.4. The van der Waals surface area contributed by atoms with Gasteiger partial charge < -0.3 is 20.1 Å². The van der Waals surface area contributed by atoms with Gasteiger partial charge in [0.1, 0.15) is 0 Å². The second kappa shape index (κ2) is 10.8. The predicted octanol–water partition coefficient (Wildman–Crippen LogP) is 4.54. The van der Waals surface area contributed by atoms with Crippen LogP contribution in [0.3, 0.4) is 0 Å². The van der Waals surface area contributed by atoms with Gasteiger partial charge in [-0.2, -0.15) is 5.10 Å². The average Bonchev–Trinajstić information content (AvgIpc) is 3.36. The molecule has 1 heterocycles. The molecule has 0 aliphatic rings. The Morgan fingerprint density at radius 3 is 2.39 bits per heavy atom. The van der Waals surface area contributed by atoms with Crippen molar-refractivity contribution in [2.75, 3.05) is 26.1 Å². The van der Waals surface area contributed by atoms with Gasteiger partial charge in [-0.1, -0.05) is 36.4 Å². The zero-order valence-electron chi connectivity index (χ0n) is 20.7. The summed E-state index contributed by atoms with van der Waals surface area (Å²) in [5.74, 6) is 0.310. The maximum absolute atomic E-state index is 13.2. The molecular weight excluding hydrogens is 456 g/mol. The molecular formula is C28H28N4O4. The molecule has 1 aromatic heterocycles. The number of ether oxygens (including phenoxy) is 2. The summed E-state index contributed by atoms with van der Waals surface area (Å²) < 4.78 is 12.4. The molecule has 36 heavy (non-hydrogen) atoms. The maximum Gasteiger partial charge on any atom is 0.272 e. The van der Waals surface area contributed by atoms with E-state index in [9.17, 15) is 9.59 Å². The second-order valence-electron chi connectivity index (χ2n) is 8.22. The number of methoxy groups -OCH3 is 2. The fourth-order valence-electron chi connectivity index (χ4n) is 3.79. The summed E-state index contributed by atoms with van der Waals surface area (Å²) in [7, 11) is 3.12. The van der Waals surface area contributed by atoms with E-state index in [2.05, 4.69) is 15.7 Å². The normalized spacial score (nSPS) is 10.6. The molecule has 2 amide bonds. The summed E-state index contributed by atoms with van der Waals surface area (Å²) in [6.07, 6.45) is 1.78. The van der Waals surface area contributed by atoms with Crippen LogP contribution in [-0.4, -0.2) is 42.4 Å². The third kappa shape index (κ3) is 5.22. The van der Waals surface area contributed by atoms with Crippen molar-refractivity contribution >= 4 is 17.5 Å². The van der Waals surface area contributed by atoms with Gasteiger partial charge in [-0.15, -0.1) is 0 Å². The Morgan fingerprint density at radius 2 is 1.67 bits per heavy atom. The minimum Gasteiger partial charge on any atom is -0.493 e. The average molecular weight is 485 g/mol. The number of nitrogens with one attached hydrogen (secondary N) is 2. The number of benzene rings is 3. The molecule has 0 atom stereocenters. The lowest BCUT2D eigenvalue weighted by Gasteiger charge is -2.11. The van der Waals surface area contributed by atoms with Gasteiger partial charge in [0.2, 0.25) is 5.91 Å². The molecule has 4 rings (SSSR count). The van der Waals surface area contributed by atoms with Crippen LogP contribution >= 0.6 is 0 Å². The topological polar surface area (TPSA) is 94.5 Å². The number of carbonyl (C=O) groups is 2. The Balaban J connectivity index is 1.61. The van der Waals surface area contributed by atoms with E-state index in [1.165, 1.54) is 0 Å². The van der Waals surface area contributed by atoms with E-state index in [0.29, 0.717) is 22.7 Å². The van der Waals surface area contributed by atoms with E-state index >= 15 is 0 Å². The quantitative estimate of drug-likeness (QED) is 0.383. The number of rotatable bonds is 8. The molecule has 0 fully saturated rings. The number of nitrogens with zero attached hydrogens (tertiary/aromatic N) is 2. The van der Waals surface area contributed by atoms with E-state index < -0.39 is 5.91 Å². The van der Waals surface area contributed by atoms with Crippen LogP contribution in [0.2, 0.25) is 0 Å². The van der Waals surface area contributed by atoms with E-state index in [1.54, 1.807) is 37.2 Å². The molecule has 184 valence electrons. The molecule has 8 heteroatoms. The predicted molar refractivity (Wildman–Crippen MR) is 139 cm³/mol. The van der Waals surface area contributed by atoms with Gasteiger partial charge in [0.05, 0.1) is 26.5 Å². The maximum atomic E-state index is 13.2. The molecule has 2 N–H and O–H groups in total. The van der Waals surface area contributed by atoms with E-state index in [1.807, 2.05) is 68.4 Å². The van der Waals surface area contributed by atoms with E-state index in [0.717, 1.165) is 22.4 Å². The van der Waals surface area contributed by atoms with Crippen LogP contribution in [0.1, 0.15) is 21.6 Å². The van der Waals surface area contributed by atoms with Crippen LogP contribution in [0.25, 0.3) is 16.8 Å². The van der Waals surface area contributed by atoms with Gasteiger partial charge in [-0.25, -0.2) is 4.68 Å². The van der Waals surface area contributed by atoms with Crippen molar-refractivity contribution in [1.82, 2.24) is 15.1 Å². The largest absolute Gasteiger partial charge is 0.493 e. The number of hydrogen-bond donors (Lipinski definition) is 2. The molecule has 4 aromatic rings. The van der Waals surface area contributed by atoms with Gasteiger partial charge in [-0.05, 0) is 60.9 Å². The van der Waals surface area contributed by atoms with Crippen molar-refractivity contribution < 1.29 is 19.1 Å². The Morgan fingerprint density at radius 1 is 0.917 bits per heavy atom. The lowest BCUT2D eigenvalue weighted by Crippen LogP contribution is -2.33. The Bertz CT molecular complexity index is 1400. The third-order valence-electron chi connectivity index (χ3n) is 5.93. The van der Waals surface area contributed by atoms with Gasteiger partial charge >= 0.3 is 0 Å². The summed E-state index contributed by atoms with van der Waals surface area (Å²) in [4.78, 5) is 25.8. The Hall–Kier alpha value is -4.59. The number of para-hydroxylation sites is 1. The van der Waals surface area contributed by atoms with Crippen molar-refractivity contribution in [1.29, 1.82) is 0 Å². The summed E-state index contributed by atoms with van der Waals surface area (Å²) in [5, 5.41) is 10.1. The number of amides is 2. The molecule has 0 bridgehead atoms. The number of aromatic nitrogens is 2. The highest BCUT2D eigenvalue weighted by Gasteiger charge is 2.21. The first-order valence-electron chi connectivity index (χ1n) is 11.4. The zero-order chi connectivity index (χ0) is 25.7. The lowest BCUT2D eigenvalue weighted by molar-refractivity contribution is -0.115. The number of hydrogen-bond acceptors (Lipinski definition) is 5. The highest BCUT2D eigenvalue weighted by atomic mass is 16.5. The zero-order valence-corrected chi connectivity index (χ0v) is 20.7. The second-order valence-corrected chi connectivity index (χ2v) is 8.22. The number of carbonyl (C=O) groups excluding carboxylic acids is 2. The Labute approximate surface area is 209 Å². The fraction of sp³-hybridized carbons (Fsp3) is 0.179. The van der Waals surface area contributed by atoms with Crippen LogP contribution in [0.4, 0.5) is 5.69 Å². The summed E-state index contributed by atoms with van der Waals surface area (Å²) in [5.41, 5.74) is 5.06. The molecule has 0 unspecified atom stereocenters. The van der Waals surface area contributed by atoms with E-state index in [-0.39, 0.29) is 18.1 Å². The highest BCUT2D eigenvalue weighted by Crippen LogP contribution is 2.34. The molecule has 0 saturated heterocycles. The highest BCUT2D eigenvalue weighted by molar-refractivity contribution is 6.02. The first-order chi connectivity index (χ1) is 17.4. The van der Waals surface area contributed by atoms with Crippen LogP contribution in [0, 0.1) is 13.8 Å². The fourth-order valence-corrected chi connectivity index (χ4v) is 3.79. The van der Waals surface area contributed by atoms with Crippen molar-refractivity contribution in [3.8, 4) is 28.3 Å². The van der Waals surface area contributed by atoms with Crippen LogP contribution in [-0.2, 0) is 4.79 Å². The Kier molecular flexibility index (Phi) is 7.34. The third-order valence-corrected chi connectivity index (χ3v) is 5.93. The molecule has 0 saturated carbocycles. The molecule has 3 aromatic carbocycles. The molecule has 0 aliphatic carbocycles. The van der Waals surface area contributed by atoms with Crippen molar-refractivity contribution in [3.63, 3.8) is 0 Å². The molecule has 0 radical (unpaired) electrons. The standard InChI is InChI=1S/C28H28N4O4/c1-18-9-8-12-23(19(18)2)30-26(33)16-29-28(34)27-22(17-32(31-27)21-10-6-5-7-11-21)20-13-14-24(35-3)25(15-20)36-4/h5-15,17H,16H2,1-4H3,(H,29,34)(H,30,33). The monoisotopic (exact) mass is 484 g/mol. The molecule has 0 aliphatic heterocycles. The van der Waals surface area contributed by atoms with Gasteiger partial charge in [-0.3, -0.25) is 9.59 Å². The van der Waals surface area contributed by atoms with Crippen LogP contribution in [0.15, 0.2) is 72.9 Å². The van der Waals surface area contributed by atoms with Crippen molar-refractivity contribution in [2.45, 2.75) is 13.8 Å². The summed E-state index contributed by atoms with van der Waals surface area (Å²) in [6.45, 7) is 3.72. The smallest absolute Gasteiger partial charge is 0.272 e. The van der Waals surface area contributed by atoms with Gasteiger partial charge in [0.15, 0.2) is 17.2 Å². The SMILES string of the molecule is COc1ccc(-c2cn(-c3ccccc3)nc2C(=O)NCC(=O)Nc2cccc(C)c2C)cc1OC. The molecule has 8 nitrogen and oxygen atoms in total. The first kappa shape index (κ1) is 24.5. The van der Waals surface area contributed by atoms with Crippen LogP contribution in [0.5, 0.6) is 11.5 Å².